The largest absolute Gasteiger partial charge is 0.480 e. The van der Waals surface area contributed by atoms with Crippen molar-refractivity contribution in [3.05, 3.63) is 90.9 Å². The van der Waals surface area contributed by atoms with Gasteiger partial charge in [0.15, 0.2) is 5.95 Å². The van der Waals surface area contributed by atoms with Crippen LogP contribution >= 0.6 is 0 Å². The number of sulfonamides is 2. The molecular formula is C50H66N14O18S3. The summed E-state index contributed by atoms with van der Waals surface area (Å²) in [7, 11) is -13.6. The molecule has 0 spiro atoms. The Morgan fingerprint density at radius 3 is 1.65 bits per heavy atom. The van der Waals surface area contributed by atoms with Gasteiger partial charge >= 0.3 is 23.9 Å². The molecule has 12 N–H and O–H groups in total. The zero-order chi connectivity index (χ0) is 61.9. The molecule has 3 heterocycles. The maximum absolute atomic E-state index is 13.4. The second-order valence-corrected chi connectivity index (χ2v) is 24.5. The number of carboxylic acids is 4. The molecule has 0 bridgehead atoms. The lowest BCUT2D eigenvalue weighted by Crippen LogP contribution is -2.54. The highest BCUT2D eigenvalue weighted by Gasteiger charge is 2.29. The van der Waals surface area contributed by atoms with Gasteiger partial charge in [-0.15, -0.1) is 0 Å². The smallest absolute Gasteiger partial charge is 0.323 e. The number of aliphatic carboxylic acids is 4. The minimum absolute atomic E-state index is 0.0177. The van der Waals surface area contributed by atoms with Crippen LogP contribution < -0.4 is 30.7 Å². The second-order valence-electron chi connectivity index (χ2n) is 19.5. The van der Waals surface area contributed by atoms with Crippen molar-refractivity contribution in [2.75, 3.05) is 116 Å². The van der Waals surface area contributed by atoms with E-state index >= 15 is 0 Å². The number of amides is 3. The maximum Gasteiger partial charge on any atom is 0.323 e. The molecular weight excluding hydrogens is 1180 g/mol. The molecule has 0 radical (unpaired) electrons. The lowest BCUT2D eigenvalue weighted by molar-refractivity contribution is -0.140. The molecule has 1 aliphatic rings. The first-order chi connectivity index (χ1) is 40.2. The molecule has 35 heteroatoms. The van der Waals surface area contributed by atoms with Crippen LogP contribution in [0.2, 0.25) is 0 Å². The summed E-state index contributed by atoms with van der Waals surface area (Å²) >= 11 is 0. The number of aromatic nitrogens is 4. The number of imidazole rings is 1. The van der Waals surface area contributed by atoms with Crippen molar-refractivity contribution in [1.29, 1.82) is 0 Å². The number of nitrogens with one attached hydrogen (secondary N) is 7. The van der Waals surface area contributed by atoms with Gasteiger partial charge in [0.1, 0.15) is 17.8 Å². The van der Waals surface area contributed by atoms with Crippen molar-refractivity contribution in [2.45, 2.75) is 34.8 Å². The fourth-order valence-electron chi connectivity index (χ4n) is 8.79. The Balaban J connectivity index is 0.981. The van der Waals surface area contributed by atoms with Gasteiger partial charge < -0.3 is 46.7 Å². The van der Waals surface area contributed by atoms with Crippen LogP contribution in [0.25, 0.3) is 22.0 Å². The number of aromatic amines is 1. The van der Waals surface area contributed by atoms with E-state index in [2.05, 4.69) is 45.8 Å². The minimum atomic E-state index is -4.91. The number of hydrogen-bond donors (Lipinski definition) is 12. The molecule has 2 atom stereocenters. The molecule has 0 unspecified atom stereocenters. The Bertz CT molecular complexity index is 3450. The number of anilines is 1. The van der Waals surface area contributed by atoms with Gasteiger partial charge in [-0.1, -0.05) is 24.3 Å². The summed E-state index contributed by atoms with van der Waals surface area (Å²) < 4.78 is 92.9. The number of hydrogen-bond acceptors (Lipinski definition) is 20. The molecule has 0 saturated carbocycles. The number of nitrogens with zero attached hydrogens (tertiary/aromatic N) is 7. The summed E-state index contributed by atoms with van der Waals surface area (Å²) in [5, 5.41) is 53.5. The molecule has 462 valence electrons. The van der Waals surface area contributed by atoms with Crippen LogP contribution in [0.5, 0.6) is 0 Å². The van der Waals surface area contributed by atoms with Crippen LogP contribution in [0.15, 0.2) is 95.1 Å². The summed E-state index contributed by atoms with van der Waals surface area (Å²) in [4.78, 5) is 99.3. The van der Waals surface area contributed by atoms with Gasteiger partial charge in [-0.2, -0.15) is 18.2 Å². The summed E-state index contributed by atoms with van der Waals surface area (Å²) in [6, 6.07) is 11.7. The predicted octanol–water partition coefficient (Wildman–Crippen LogP) is -2.67. The van der Waals surface area contributed by atoms with E-state index in [1.54, 1.807) is 46.4 Å². The van der Waals surface area contributed by atoms with Gasteiger partial charge in [0.25, 0.3) is 16.0 Å². The fraction of sp³-hybridized carbons (Fsp3) is 0.420. The third-order valence-corrected chi connectivity index (χ3v) is 16.8. The van der Waals surface area contributed by atoms with Gasteiger partial charge in [0, 0.05) is 108 Å². The highest BCUT2D eigenvalue weighted by Crippen LogP contribution is 2.24. The van der Waals surface area contributed by atoms with Crippen molar-refractivity contribution in [3.8, 4) is 11.1 Å². The molecule has 0 aliphatic carbocycles. The number of carbonyl (C=O) groups is 7. The number of aryl methyl sites for hydroxylation is 1. The molecule has 5 aromatic rings. The van der Waals surface area contributed by atoms with Crippen LogP contribution in [0.3, 0.4) is 0 Å². The zero-order valence-corrected chi connectivity index (χ0v) is 48.0. The first-order valence-electron chi connectivity index (χ1n) is 26.2. The molecule has 1 fully saturated rings. The van der Waals surface area contributed by atoms with Crippen LogP contribution in [0.4, 0.5) is 5.95 Å². The molecule has 3 aromatic carbocycles. The quantitative estimate of drug-likeness (QED) is 0.0165. The Morgan fingerprint density at radius 2 is 1.15 bits per heavy atom. The number of H-pyrrole nitrogens is 1. The van der Waals surface area contributed by atoms with Gasteiger partial charge in [0.2, 0.25) is 31.9 Å². The first-order valence-corrected chi connectivity index (χ1v) is 30.8. The highest BCUT2D eigenvalue weighted by atomic mass is 32.2. The minimum Gasteiger partial charge on any atom is -0.480 e. The van der Waals surface area contributed by atoms with Gasteiger partial charge in [0.05, 0.1) is 47.7 Å². The van der Waals surface area contributed by atoms with E-state index in [0.717, 1.165) is 11.9 Å². The predicted molar refractivity (Wildman–Crippen MR) is 303 cm³/mol. The Kier molecular flexibility index (Phi) is 23.9. The first kappa shape index (κ1) is 66.1. The normalized spacial score (nSPS) is 15.4. The summed E-state index contributed by atoms with van der Waals surface area (Å²) in [5.74, 6) is -8.37. The molecule has 2 aromatic heterocycles. The van der Waals surface area contributed by atoms with E-state index in [-0.39, 0.29) is 74.3 Å². The van der Waals surface area contributed by atoms with Crippen molar-refractivity contribution in [2.24, 2.45) is 0 Å². The van der Waals surface area contributed by atoms with E-state index in [1.807, 2.05) is 0 Å². The standard InChI is InChI=1S/C50H66N14O18S3/c65-43(29-60-18-20-61(30-44(66)67)22-24-63(32-46(70)71)25-23-62(21-19-60)31-45(68)69)58-41(33-83(76,77)78)48(73)51-15-16-57-84(79,80)38-7-2-34(3-8-38)35-4-9-39(10-5-35)85(81,82)59-40(49(74)75)28-55-47(72)36-6-11-42-37(26-36)27-56-64(42)17-1-12-52-50-53-13-14-54-50/h2-11,13-14,26-27,40-41,57,59H,1,12,15-25,28-33H2,(H,51,73)(H,55,72)(H,58,65)(H,66,67)(H,68,69)(H,70,71)(H,74,75)(H2,52,53,54)(H,76,77,78)/t40-,41-/m0/s1. The number of rotatable bonds is 30. The SMILES string of the molecule is O=C(O)CN1CCN(CC(=O)O)CCN(CC(=O)N[C@@H](CS(=O)(=O)O)C(=O)NCCNS(=O)(=O)c2ccc(-c3ccc(S(=O)(=O)N[C@@H](CNC(=O)c4ccc5c(cnn5CCCNc5ncc[nH]5)c4)C(=O)O)cc3)cc2)CCN(CC(=O)O)CC1. The van der Waals surface area contributed by atoms with E-state index in [9.17, 15) is 83.8 Å². The number of carbonyl (C=O) groups excluding carboxylic acids is 3. The van der Waals surface area contributed by atoms with E-state index in [1.165, 1.54) is 63.2 Å². The number of fused-ring (bicyclic) bond motifs is 1. The fourth-order valence-corrected chi connectivity index (χ4v) is 11.7. The van der Waals surface area contributed by atoms with Crippen molar-refractivity contribution >= 4 is 88.6 Å². The van der Waals surface area contributed by atoms with Crippen molar-refractivity contribution < 1.29 is 83.8 Å². The Morgan fingerprint density at radius 1 is 0.624 bits per heavy atom. The van der Waals surface area contributed by atoms with E-state index in [0.29, 0.717) is 35.6 Å². The average Bonchev–Trinajstić information content (AvgIpc) is 4.01. The molecule has 3 amide bonds. The molecule has 6 rings (SSSR count). The number of benzene rings is 3. The van der Waals surface area contributed by atoms with Gasteiger partial charge in [-0.05, 0) is 60.0 Å². The van der Waals surface area contributed by atoms with Gasteiger partial charge in [-0.25, -0.2) is 26.5 Å². The van der Waals surface area contributed by atoms with Gasteiger partial charge in [-0.3, -0.25) is 62.4 Å². The molecule has 1 aliphatic heterocycles. The third-order valence-electron chi connectivity index (χ3n) is 13.1. The lowest BCUT2D eigenvalue weighted by Gasteiger charge is -2.33. The van der Waals surface area contributed by atoms with Crippen LogP contribution in [-0.4, -0.2) is 254 Å². The molecule has 1 saturated heterocycles. The summed E-state index contributed by atoms with van der Waals surface area (Å²) in [5.41, 5.74) is 1.84. The third kappa shape index (κ3) is 21.5. The van der Waals surface area contributed by atoms with Crippen LogP contribution in [0.1, 0.15) is 16.8 Å². The van der Waals surface area contributed by atoms with Crippen LogP contribution in [0, 0.1) is 0 Å². The van der Waals surface area contributed by atoms with E-state index in [4.69, 9.17) is 0 Å². The summed E-state index contributed by atoms with van der Waals surface area (Å²) in [6.07, 6.45) is 5.65. The highest BCUT2D eigenvalue weighted by molar-refractivity contribution is 7.89. The van der Waals surface area contributed by atoms with Crippen LogP contribution in [-0.2, 0) is 65.5 Å². The topological polar surface area (TPSA) is 455 Å². The van der Waals surface area contributed by atoms with Crippen molar-refractivity contribution in [3.63, 3.8) is 0 Å². The monoisotopic (exact) mass is 1250 g/mol. The van der Waals surface area contributed by atoms with Crippen molar-refractivity contribution in [1.82, 2.24) is 64.7 Å². The lowest BCUT2D eigenvalue weighted by atomic mass is 10.1. The average molecular weight is 1250 g/mol. The molecule has 32 nitrogen and oxygen atoms in total. The zero-order valence-electron chi connectivity index (χ0n) is 45.6. The second kappa shape index (κ2) is 30.7. The Labute approximate surface area is 487 Å². The summed E-state index contributed by atoms with van der Waals surface area (Å²) in [6.45, 7) is -1.47. The van der Waals surface area contributed by atoms with E-state index < -0.39 is 129 Å². The molecule has 85 heavy (non-hydrogen) atoms. The number of carboxylic acid groups (broad SMARTS) is 4. The Hall–Kier alpha value is -8.00. The maximum atomic E-state index is 13.4.